The zero-order valence-electron chi connectivity index (χ0n) is 9.21. The van der Waals surface area contributed by atoms with Gasteiger partial charge in [0, 0.05) is 12.1 Å². The van der Waals surface area contributed by atoms with Gasteiger partial charge in [-0.2, -0.15) is 0 Å². The molecule has 1 aromatic rings. The molecule has 0 heterocycles. The van der Waals surface area contributed by atoms with E-state index in [9.17, 15) is 9.90 Å². The van der Waals surface area contributed by atoms with Crippen LogP contribution in [0, 0.1) is 0 Å². The fourth-order valence-electron chi connectivity index (χ4n) is 1.43. The molecular weight excluding hydrogens is 190 g/mol. The number of hydrogen-bond acceptors (Lipinski definition) is 2. The SMILES string of the molecule is CCCC(=O)Nc1ccc(O)cc1CC. The molecule has 0 spiro atoms. The number of anilines is 1. The molecule has 0 saturated carbocycles. The van der Waals surface area contributed by atoms with Gasteiger partial charge in [0.2, 0.25) is 5.91 Å². The number of nitrogens with one attached hydrogen (secondary N) is 1. The average molecular weight is 207 g/mol. The van der Waals surface area contributed by atoms with Crippen LogP contribution in [0.25, 0.3) is 0 Å². The molecule has 0 bridgehead atoms. The third-order valence-electron chi connectivity index (χ3n) is 2.22. The van der Waals surface area contributed by atoms with E-state index in [1.807, 2.05) is 13.8 Å². The molecule has 0 aromatic heterocycles. The third kappa shape index (κ3) is 3.27. The van der Waals surface area contributed by atoms with Gasteiger partial charge in [-0.05, 0) is 36.6 Å². The van der Waals surface area contributed by atoms with Crippen LogP contribution in [0.4, 0.5) is 5.69 Å². The highest BCUT2D eigenvalue weighted by Crippen LogP contribution is 2.21. The molecule has 82 valence electrons. The quantitative estimate of drug-likeness (QED) is 0.746. The number of carbonyl (C=O) groups excluding carboxylic acids is 1. The van der Waals surface area contributed by atoms with Crippen LogP contribution in [0.1, 0.15) is 32.3 Å². The van der Waals surface area contributed by atoms with Crippen LogP contribution >= 0.6 is 0 Å². The first-order valence-electron chi connectivity index (χ1n) is 5.29. The van der Waals surface area contributed by atoms with Crippen molar-refractivity contribution in [3.05, 3.63) is 23.8 Å². The molecule has 0 aliphatic carbocycles. The minimum atomic E-state index is 0.0258. The van der Waals surface area contributed by atoms with Crippen molar-refractivity contribution in [1.82, 2.24) is 0 Å². The molecule has 0 radical (unpaired) electrons. The number of rotatable bonds is 4. The van der Waals surface area contributed by atoms with E-state index >= 15 is 0 Å². The number of aryl methyl sites for hydroxylation is 1. The summed E-state index contributed by atoms with van der Waals surface area (Å²) in [5, 5.41) is 12.1. The largest absolute Gasteiger partial charge is 0.508 e. The van der Waals surface area contributed by atoms with Crippen molar-refractivity contribution < 1.29 is 9.90 Å². The van der Waals surface area contributed by atoms with Gasteiger partial charge in [-0.25, -0.2) is 0 Å². The summed E-state index contributed by atoms with van der Waals surface area (Å²) in [4.78, 5) is 11.4. The minimum absolute atomic E-state index is 0.0258. The Hall–Kier alpha value is -1.51. The second-order valence-corrected chi connectivity index (χ2v) is 3.49. The zero-order valence-corrected chi connectivity index (χ0v) is 9.21. The lowest BCUT2D eigenvalue weighted by Crippen LogP contribution is -2.11. The van der Waals surface area contributed by atoms with Gasteiger partial charge in [0.25, 0.3) is 0 Å². The standard InChI is InChI=1S/C12H17NO2/c1-3-5-12(15)13-11-7-6-10(14)8-9(11)4-2/h6-8,14H,3-5H2,1-2H3,(H,13,15). The molecule has 0 atom stereocenters. The van der Waals surface area contributed by atoms with Crippen LogP contribution < -0.4 is 5.32 Å². The van der Waals surface area contributed by atoms with Gasteiger partial charge >= 0.3 is 0 Å². The highest BCUT2D eigenvalue weighted by Gasteiger charge is 2.05. The highest BCUT2D eigenvalue weighted by atomic mass is 16.3. The first kappa shape index (κ1) is 11.6. The van der Waals surface area contributed by atoms with Crippen LogP contribution in [0.5, 0.6) is 5.75 Å². The van der Waals surface area contributed by atoms with Crippen molar-refractivity contribution in [2.45, 2.75) is 33.1 Å². The van der Waals surface area contributed by atoms with Gasteiger partial charge in [0.1, 0.15) is 5.75 Å². The van der Waals surface area contributed by atoms with E-state index < -0.39 is 0 Å². The Bertz CT molecular complexity index is 347. The lowest BCUT2D eigenvalue weighted by molar-refractivity contribution is -0.116. The first-order chi connectivity index (χ1) is 7.17. The maximum atomic E-state index is 11.4. The summed E-state index contributed by atoms with van der Waals surface area (Å²) in [7, 11) is 0. The predicted octanol–water partition coefficient (Wildman–Crippen LogP) is 2.69. The Morgan fingerprint density at radius 3 is 2.73 bits per heavy atom. The van der Waals surface area contributed by atoms with Crippen molar-refractivity contribution in [3.8, 4) is 5.75 Å². The molecule has 2 N–H and O–H groups in total. The number of phenolic OH excluding ortho intramolecular Hbond substituents is 1. The van der Waals surface area contributed by atoms with Crippen LogP contribution in [-0.2, 0) is 11.2 Å². The second-order valence-electron chi connectivity index (χ2n) is 3.49. The van der Waals surface area contributed by atoms with Gasteiger partial charge in [-0.3, -0.25) is 4.79 Å². The fraction of sp³-hybridized carbons (Fsp3) is 0.417. The number of hydrogen-bond donors (Lipinski definition) is 2. The summed E-state index contributed by atoms with van der Waals surface area (Å²) in [6.45, 7) is 3.96. The van der Waals surface area contributed by atoms with Gasteiger partial charge in [0.15, 0.2) is 0 Å². The monoisotopic (exact) mass is 207 g/mol. The zero-order chi connectivity index (χ0) is 11.3. The molecule has 3 nitrogen and oxygen atoms in total. The van der Waals surface area contributed by atoms with Crippen molar-refractivity contribution in [1.29, 1.82) is 0 Å². The Balaban J connectivity index is 2.80. The molecule has 1 rings (SSSR count). The number of benzene rings is 1. The first-order valence-corrected chi connectivity index (χ1v) is 5.29. The summed E-state index contributed by atoms with van der Waals surface area (Å²) in [6.07, 6.45) is 2.16. The van der Waals surface area contributed by atoms with Crippen LogP contribution in [0.2, 0.25) is 0 Å². The minimum Gasteiger partial charge on any atom is -0.508 e. The lowest BCUT2D eigenvalue weighted by atomic mass is 10.1. The number of amides is 1. The number of phenols is 1. The summed E-state index contributed by atoms with van der Waals surface area (Å²) >= 11 is 0. The second kappa shape index (κ2) is 5.39. The van der Waals surface area contributed by atoms with Gasteiger partial charge in [-0.15, -0.1) is 0 Å². The lowest BCUT2D eigenvalue weighted by Gasteiger charge is -2.09. The molecule has 0 aliphatic heterocycles. The predicted molar refractivity (Wildman–Crippen MR) is 61.0 cm³/mol. The Labute approximate surface area is 90.1 Å². The van der Waals surface area contributed by atoms with E-state index in [1.165, 1.54) is 0 Å². The summed E-state index contributed by atoms with van der Waals surface area (Å²) < 4.78 is 0. The van der Waals surface area contributed by atoms with E-state index in [0.717, 1.165) is 24.1 Å². The molecule has 0 fully saturated rings. The molecule has 3 heteroatoms. The van der Waals surface area contributed by atoms with Gasteiger partial charge < -0.3 is 10.4 Å². The van der Waals surface area contributed by atoms with Crippen molar-refractivity contribution >= 4 is 11.6 Å². The Morgan fingerprint density at radius 2 is 2.13 bits per heavy atom. The number of aromatic hydroxyl groups is 1. The molecule has 0 aliphatic rings. The smallest absolute Gasteiger partial charge is 0.224 e. The highest BCUT2D eigenvalue weighted by molar-refractivity contribution is 5.91. The molecule has 0 saturated heterocycles. The van der Waals surface area contributed by atoms with Gasteiger partial charge in [-0.1, -0.05) is 13.8 Å². The fourth-order valence-corrected chi connectivity index (χ4v) is 1.43. The Morgan fingerprint density at radius 1 is 1.40 bits per heavy atom. The van der Waals surface area contributed by atoms with Crippen LogP contribution in [-0.4, -0.2) is 11.0 Å². The van der Waals surface area contributed by atoms with Crippen LogP contribution in [0.15, 0.2) is 18.2 Å². The summed E-state index contributed by atoms with van der Waals surface area (Å²) in [5.41, 5.74) is 1.76. The molecule has 15 heavy (non-hydrogen) atoms. The van der Waals surface area contributed by atoms with E-state index in [1.54, 1.807) is 18.2 Å². The average Bonchev–Trinajstić information content (AvgIpc) is 2.21. The van der Waals surface area contributed by atoms with E-state index in [4.69, 9.17) is 0 Å². The third-order valence-corrected chi connectivity index (χ3v) is 2.22. The normalized spacial score (nSPS) is 10.0. The Kier molecular flexibility index (Phi) is 4.16. The van der Waals surface area contributed by atoms with Crippen molar-refractivity contribution in [3.63, 3.8) is 0 Å². The summed E-state index contributed by atoms with van der Waals surface area (Å²) in [6, 6.07) is 5.00. The van der Waals surface area contributed by atoms with E-state index in [2.05, 4.69) is 5.32 Å². The maximum Gasteiger partial charge on any atom is 0.224 e. The maximum absolute atomic E-state index is 11.4. The van der Waals surface area contributed by atoms with Crippen molar-refractivity contribution in [2.24, 2.45) is 0 Å². The molecule has 1 aromatic carbocycles. The van der Waals surface area contributed by atoms with Crippen LogP contribution in [0.3, 0.4) is 0 Å². The molecule has 1 amide bonds. The molecule has 0 unspecified atom stereocenters. The van der Waals surface area contributed by atoms with Gasteiger partial charge in [0.05, 0.1) is 0 Å². The number of carbonyl (C=O) groups is 1. The van der Waals surface area contributed by atoms with E-state index in [-0.39, 0.29) is 11.7 Å². The molecular formula is C12H17NO2. The van der Waals surface area contributed by atoms with Crippen molar-refractivity contribution in [2.75, 3.05) is 5.32 Å². The van der Waals surface area contributed by atoms with E-state index in [0.29, 0.717) is 6.42 Å². The summed E-state index contributed by atoms with van der Waals surface area (Å²) in [5.74, 6) is 0.262. The topological polar surface area (TPSA) is 49.3 Å².